The molecule has 1 heterocycles. The molecule has 80 valence electrons. The van der Waals surface area contributed by atoms with Crippen LogP contribution in [0.3, 0.4) is 0 Å². The van der Waals surface area contributed by atoms with Gasteiger partial charge in [-0.15, -0.1) is 0 Å². The zero-order valence-electron chi connectivity index (χ0n) is 8.15. The van der Waals surface area contributed by atoms with Crippen molar-refractivity contribution in [3.05, 3.63) is 0 Å². The molecule has 2 fully saturated rings. The van der Waals surface area contributed by atoms with E-state index in [2.05, 4.69) is 0 Å². The minimum absolute atomic E-state index is 0.150. The largest absolute Gasteiger partial charge is 0.341 e. The molecule has 5 heteroatoms. The fourth-order valence-electron chi connectivity index (χ4n) is 1.98. The molecule has 0 atom stereocenters. The highest BCUT2D eigenvalue weighted by Crippen LogP contribution is 2.27. The Labute approximate surface area is 86.3 Å². The highest BCUT2D eigenvalue weighted by Gasteiger charge is 2.35. The van der Waals surface area contributed by atoms with E-state index in [1.165, 1.54) is 0 Å². The molecule has 0 spiro atoms. The van der Waals surface area contributed by atoms with Gasteiger partial charge in [0.2, 0.25) is 5.91 Å². The minimum Gasteiger partial charge on any atom is -0.341 e. The molecular formula is C9H16N2O2S. The van der Waals surface area contributed by atoms with Crippen LogP contribution in [0.4, 0.5) is 0 Å². The Balaban J connectivity index is 1.83. The molecule has 0 aromatic heterocycles. The summed E-state index contributed by atoms with van der Waals surface area (Å²) in [6, 6.07) is 0.225. The fraction of sp³-hybridized carbons (Fsp3) is 0.889. The summed E-state index contributed by atoms with van der Waals surface area (Å²) in [5.74, 6) is 1.66. The van der Waals surface area contributed by atoms with E-state index in [0.717, 1.165) is 12.8 Å². The van der Waals surface area contributed by atoms with Crippen LogP contribution in [0.2, 0.25) is 0 Å². The van der Waals surface area contributed by atoms with Gasteiger partial charge >= 0.3 is 0 Å². The van der Waals surface area contributed by atoms with Gasteiger partial charge in [-0.25, -0.2) is 0 Å². The Hall–Kier alpha value is -0.420. The molecule has 4 nitrogen and oxygen atoms in total. The molecule has 0 aromatic carbocycles. The molecule has 1 aliphatic carbocycles. The van der Waals surface area contributed by atoms with Crippen molar-refractivity contribution in [2.75, 3.05) is 24.6 Å². The number of carbonyl (C=O) groups excluding carboxylic acids is 1. The lowest BCUT2D eigenvalue weighted by Gasteiger charge is -2.36. The van der Waals surface area contributed by atoms with Gasteiger partial charge in [-0.2, -0.15) is 0 Å². The van der Waals surface area contributed by atoms with E-state index in [1.54, 1.807) is 0 Å². The molecule has 1 saturated carbocycles. The lowest BCUT2D eigenvalue weighted by atomic mass is 9.80. The number of hydrogen-bond donors (Lipinski definition) is 1. The maximum absolute atomic E-state index is 11.8. The van der Waals surface area contributed by atoms with Gasteiger partial charge in [0.15, 0.2) is 0 Å². The van der Waals surface area contributed by atoms with Gasteiger partial charge in [0.1, 0.15) is 0 Å². The maximum atomic E-state index is 11.8. The molecule has 1 amide bonds. The Morgan fingerprint density at radius 2 is 1.86 bits per heavy atom. The van der Waals surface area contributed by atoms with E-state index < -0.39 is 10.8 Å². The Morgan fingerprint density at radius 3 is 2.36 bits per heavy atom. The predicted molar refractivity (Wildman–Crippen MR) is 55.2 cm³/mol. The van der Waals surface area contributed by atoms with Crippen molar-refractivity contribution in [2.45, 2.75) is 18.9 Å². The molecule has 0 bridgehead atoms. The molecule has 14 heavy (non-hydrogen) atoms. The van der Waals surface area contributed by atoms with Crippen LogP contribution in [0.5, 0.6) is 0 Å². The zero-order valence-corrected chi connectivity index (χ0v) is 8.96. The average Bonchev–Trinajstić information content (AvgIpc) is 2.13. The summed E-state index contributed by atoms with van der Waals surface area (Å²) in [6.07, 6.45) is 1.66. The minimum atomic E-state index is -0.700. The van der Waals surface area contributed by atoms with Crippen molar-refractivity contribution in [1.82, 2.24) is 4.90 Å². The summed E-state index contributed by atoms with van der Waals surface area (Å²) in [7, 11) is -0.700. The Kier molecular flexibility index (Phi) is 2.88. The normalized spacial score (nSPS) is 33.9. The number of amides is 1. The predicted octanol–water partition coefficient (Wildman–Crippen LogP) is -0.685. The van der Waals surface area contributed by atoms with E-state index in [0.29, 0.717) is 24.6 Å². The highest BCUT2D eigenvalue weighted by molar-refractivity contribution is 7.85. The van der Waals surface area contributed by atoms with Crippen molar-refractivity contribution >= 4 is 16.7 Å². The fourth-order valence-corrected chi connectivity index (χ4v) is 3.03. The van der Waals surface area contributed by atoms with E-state index in [4.69, 9.17) is 5.73 Å². The van der Waals surface area contributed by atoms with Crippen LogP contribution < -0.4 is 5.73 Å². The number of nitrogens with zero attached hydrogens (tertiary/aromatic N) is 1. The molecule has 1 aliphatic heterocycles. The SMILES string of the molecule is NC1CC(C(=O)N2CCS(=O)CC2)C1. The third-order valence-electron chi connectivity index (χ3n) is 3.01. The third-order valence-corrected chi connectivity index (χ3v) is 4.29. The first kappa shape index (κ1) is 10.1. The first-order chi connectivity index (χ1) is 6.66. The average molecular weight is 216 g/mol. The number of rotatable bonds is 1. The molecule has 2 rings (SSSR count). The quantitative estimate of drug-likeness (QED) is 0.631. The van der Waals surface area contributed by atoms with Crippen LogP contribution in [0.15, 0.2) is 0 Å². The lowest BCUT2D eigenvalue weighted by Crippen LogP contribution is -2.50. The van der Waals surface area contributed by atoms with E-state index >= 15 is 0 Å². The van der Waals surface area contributed by atoms with Crippen LogP contribution in [-0.4, -0.2) is 45.7 Å². The maximum Gasteiger partial charge on any atom is 0.225 e. The van der Waals surface area contributed by atoms with Crippen LogP contribution in [0.25, 0.3) is 0 Å². The summed E-state index contributed by atoms with van der Waals surface area (Å²) in [4.78, 5) is 13.6. The number of hydrogen-bond acceptors (Lipinski definition) is 3. The van der Waals surface area contributed by atoms with E-state index in [9.17, 15) is 9.00 Å². The molecule has 2 N–H and O–H groups in total. The van der Waals surface area contributed by atoms with Crippen LogP contribution in [-0.2, 0) is 15.6 Å². The summed E-state index contributed by atoms with van der Waals surface area (Å²) in [6.45, 7) is 1.33. The summed E-state index contributed by atoms with van der Waals surface area (Å²) >= 11 is 0. The first-order valence-corrected chi connectivity index (χ1v) is 6.55. The molecule has 0 radical (unpaired) electrons. The second-order valence-corrected chi connectivity index (χ2v) is 5.80. The van der Waals surface area contributed by atoms with E-state index in [1.807, 2.05) is 4.90 Å². The van der Waals surface area contributed by atoms with Gasteiger partial charge in [0.05, 0.1) is 0 Å². The second kappa shape index (κ2) is 3.98. The van der Waals surface area contributed by atoms with Crippen molar-refractivity contribution in [1.29, 1.82) is 0 Å². The van der Waals surface area contributed by atoms with Crippen molar-refractivity contribution in [3.63, 3.8) is 0 Å². The highest BCUT2D eigenvalue weighted by atomic mass is 32.2. The van der Waals surface area contributed by atoms with Crippen LogP contribution >= 0.6 is 0 Å². The molecule has 1 saturated heterocycles. The van der Waals surface area contributed by atoms with Gasteiger partial charge in [0, 0.05) is 47.4 Å². The Bertz CT molecular complexity index is 254. The smallest absolute Gasteiger partial charge is 0.225 e. The zero-order chi connectivity index (χ0) is 10.1. The summed E-state index contributed by atoms with van der Waals surface area (Å²) < 4.78 is 11.1. The molecule has 0 aromatic rings. The first-order valence-electron chi connectivity index (χ1n) is 5.06. The van der Waals surface area contributed by atoms with Gasteiger partial charge < -0.3 is 10.6 Å². The van der Waals surface area contributed by atoms with Crippen molar-refractivity contribution in [3.8, 4) is 0 Å². The molecular weight excluding hydrogens is 200 g/mol. The second-order valence-electron chi connectivity index (χ2n) is 4.10. The Morgan fingerprint density at radius 1 is 1.29 bits per heavy atom. The lowest BCUT2D eigenvalue weighted by molar-refractivity contribution is -0.138. The van der Waals surface area contributed by atoms with Gasteiger partial charge in [-0.3, -0.25) is 9.00 Å². The number of nitrogens with two attached hydrogens (primary N) is 1. The van der Waals surface area contributed by atoms with Gasteiger partial charge in [0.25, 0.3) is 0 Å². The topological polar surface area (TPSA) is 63.4 Å². The summed E-state index contributed by atoms with van der Waals surface area (Å²) in [5.41, 5.74) is 5.64. The van der Waals surface area contributed by atoms with Crippen molar-refractivity contribution in [2.24, 2.45) is 11.7 Å². The standard InChI is InChI=1S/C9H16N2O2S/c10-8-5-7(6-8)9(12)11-1-3-14(13)4-2-11/h7-8H,1-6,10H2. The van der Waals surface area contributed by atoms with Gasteiger partial charge in [-0.05, 0) is 12.8 Å². The molecule has 2 aliphatic rings. The van der Waals surface area contributed by atoms with E-state index in [-0.39, 0.29) is 17.9 Å². The van der Waals surface area contributed by atoms with Crippen molar-refractivity contribution < 1.29 is 9.00 Å². The van der Waals surface area contributed by atoms with Gasteiger partial charge in [-0.1, -0.05) is 0 Å². The monoisotopic (exact) mass is 216 g/mol. The third kappa shape index (κ3) is 1.98. The van der Waals surface area contributed by atoms with Crippen LogP contribution in [0.1, 0.15) is 12.8 Å². The van der Waals surface area contributed by atoms with Crippen LogP contribution in [0, 0.1) is 5.92 Å². The summed E-state index contributed by atoms with van der Waals surface area (Å²) in [5, 5.41) is 0. The number of carbonyl (C=O) groups is 1. The molecule has 0 unspecified atom stereocenters.